The Bertz CT molecular complexity index is 890. The molecule has 2 aromatic carbocycles. The molecule has 1 aromatic heterocycles. The highest BCUT2D eigenvalue weighted by atomic mass is 32.2. The summed E-state index contributed by atoms with van der Waals surface area (Å²) in [6.07, 6.45) is 0. The number of nitrogens with zero attached hydrogens (tertiary/aromatic N) is 3. The molecule has 118 valence electrons. The van der Waals surface area contributed by atoms with Crippen molar-refractivity contribution in [1.82, 2.24) is 14.8 Å². The quantitative estimate of drug-likeness (QED) is 0.780. The minimum atomic E-state index is -3.55. The fourth-order valence-corrected chi connectivity index (χ4v) is 3.31. The number of aromatic nitrogens is 3. The molecule has 0 unspecified atom stereocenters. The summed E-state index contributed by atoms with van der Waals surface area (Å²) in [6.45, 7) is 0. The molecule has 23 heavy (non-hydrogen) atoms. The van der Waals surface area contributed by atoms with Crippen LogP contribution in [0.15, 0.2) is 60.7 Å². The van der Waals surface area contributed by atoms with E-state index in [1.807, 2.05) is 36.4 Å². The van der Waals surface area contributed by atoms with E-state index in [-0.39, 0.29) is 11.7 Å². The smallest absolute Gasteiger partial charge is 0.239 e. The summed E-state index contributed by atoms with van der Waals surface area (Å²) < 4.78 is 28.5. The van der Waals surface area contributed by atoms with E-state index < -0.39 is 10.0 Å². The van der Waals surface area contributed by atoms with Crippen LogP contribution in [0.25, 0.3) is 11.4 Å². The molecule has 0 spiro atoms. The maximum absolute atomic E-state index is 12.3. The number of rotatable bonds is 5. The second-order valence-electron chi connectivity index (χ2n) is 5.10. The summed E-state index contributed by atoms with van der Waals surface area (Å²) in [5.41, 5.74) is 1.54. The minimum Gasteiger partial charge on any atom is -0.251 e. The van der Waals surface area contributed by atoms with Crippen LogP contribution in [0.3, 0.4) is 0 Å². The predicted octanol–water partition coefficient (Wildman–Crippen LogP) is 2.42. The molecule has 0 saturated carbocycles. The van der Waals surface area contributed by atoms with Crippen LogP contribution in [0.2, 0.25) is 0 Å². The Kier molecular flexibility index (Phi) is 4.12. The monoisotopic (exact) mass is 328 g/mol. The fraction of sp³-hybridized carbons (Fsp3) is 0.125. The second kappa shape index (κ2) is 6.21. The third-order valence-electron chi connectivity index (χ3n) is 3.24. The molecule has 0 radical (unpaired) electrons. The lowest BCUT2D eigenvalue weighted by Crippen LogP contribution is -2.17. The zero-order chi connectivity index (χ0) is 16.3. The molecule has 0 fully saturated rings. The highest BCUT2D eigenvalue weighted by Gasteiger charge is 2.16. The molecule has 0 saturated heterocycles. The van der Waals surface area contributed by atoms with Gasteiger partial charge < -0.3 is 0 Å². The predicted molar refractivity (Wildman–Crippen MR) is 89.1 cm³/mol. The molecular formula is C16H16N4O2S. The molecule has 0 bridgehead atoms. The molecule has 7 heteroatoms. The highest BCUT2D eigenvalue weighted by Crippen LogP contribution is 2.18. The van der Waals surface area contributed by atoms with E-state index in [0.29, 0.717) is 11.4 Å². The lowest BCUT2D eigenvalue weighted by atomic mass is 10.2. The lowest BCUT2D eigenvalue weighted by Gasteiger charge is -2.06. The first-order valence-corrected chi connectivity index (χ1v) is 8.69. The third kappa shape index (κ3) is 3.75. The van der Waals surface area contributed by atoms with Crippen LogP contribution in [0.1, 0.15) is 5.56 Å². The number of hydrogen-bond donors (Lipinski definition) is 1. The molecule has 0 aliphatic carbocycles. The highest BCUT2D eigenvalue weighted by molar-refractivity contribution is 7.91. The molecule has 3 aromatic rings. The van der Waals surface area contributed by atoms with E-state index in [1.165, 1.54) is 4.68 Å². The first-order valence-electron chi connectivity index (χ1n) is 7.04. The van der Waals surface area contributed by atoms with Crippen LogP contribution < -0.4 is 4.72 Å². The summed E-state index contributed by atoms with van der Waals surface area (Å²) in [5, 5.41) is 4.25. The average molecular weight is 328 g/mol. The van der Waals surface area contributed by atoms with Crippen molar-refractivity contribution in [3.63, 3.8) is 0 Å². The molecule has 0 amide bonds. The van der Waals surface area contributed by atoms with Crippen molar-refractivity contribution in [2.75, 3.05) is 4.72 Å². The van der Waals surface area contributed by atoms with Crippen molar-refractivity contribution in [3.8, 4) is 11.4 Å². The van der Waals surface area contributed by atoms with Gasteiger partial charge in [-0.3, -0.25) is 4.72 Å². The Balaban J connectivity index is 1.81. The summed E-state index contributed by atoms with van der Waals surface area (Å²) in [4.78, 5) is 4.27. The number of nitrogens with one attached hydrogen (secondary N) is 1. The molecule has 1 N–H and O–H groups in total. The Morgan fingerprint density at radius 1 is 1.00 bits per heavy atom. The number of anilines is 1. The Labute approximate surface area is 134 Å². The van der Waals surface area contributed by atoms with Crippen molar-refractivity contribution >= 4 is 16.0 Å². The maximum atomic E-state index is 12.3. The van der Waals surface area contributed by atoms with E-state index in [9.17, 15) is 8.42 Å². The van der Waals surface area contributed by atoms with E-state index in [4.69, 9.17) is 0 Å². The van der Waals surface area contributed by atoms with E-state index in [0.717, 1.165) is 5.56 Å². The average Bonchev–Trinajstić information content (AvgIpc) is 2.89. The summed E-state index contributed by atoms with van der Waals surface area (Å²) >= 11 is 0. The zero-order valence-electron chi connectivity index (χ0n) is 12.5. The SMILES string of the molecule is Cn1nc(-c2ccccc2)nc1NS(=O)(=O)Cc1ccccc1. The van der Waals surface area contributed by atoms with Crippen molar-refractivity contribution in [2.24, 2.45) is 7.05 Å². The van der Waals surface area contributed by atoms with Gasteiger partial charge in [-0.2, -0.15) is 4.98 Å². The van der Waals surface area contributed by atoms with Crippen molar-refractivity contribution in [1.29, 1.82) is 0 Å². The second-order valence-corrected chi connectivity index (χ2v) is 6.82. The lowest BCUT2D eigenvalue weighted by molar-refractivity contribution is 0.599. The van der Waals surface area contributed by atoms with E-state index in [1.54, 1.807) is 31.3 Å². The van der Waals surface area contributed by atoms with Gasteiger partial charge in [-0.15, -0.1) is 5.10 Å². The zero-order valence-corrected chi connectivity index (χ0v) is 13.4. The minimum absolute atomic E-state index is 0.110. The first-order chi connectivity index (χ1) is 11.0. The topological polar surface area (TPSA) is 76.9 Å². The van der Waals surface area contributed by atoms with Crippen molar-refractivity contribution in [3.05, 3.63) is 66.2 Å². The largest absolute Gasteiger partial charge is 0.251 e. The molecular weight excluding hydrogens is 312 g/mol. The van der Waals surface area contributed by atoms with E-state index >= 15 is 0 Å². The Hall–Kier alpha value is -2.67. The van der Waals surface area contributed by atoms with Gasteiger partial charge in [0.1, 0.15) is 0 Å². The summed E-state index contributed by atoms with van der Waals surface area (Å²) in [5.74, 6) is 0.562. The molecule has 6 nitrogen and oxygen atoms in total. The van der Waals surface area contributed by atoms with Crippen LogP contribution >= 0.6 is 0 Å². The van der Waals surface area contributed by atoms with Gasteiger partial charge >= 0.3 is 0 Å². The van der Waals surface area contributed by atoms with Gasteiger partial charge in [-0.1, -0.05) is 60.7 Å². The fourth-order valence-electron chi connectivity index (χ4n) is 2.15. The van der Waals surface area contributed by atoms with Crippen LogP contribution in [0.4, 0.5) is 5.95 Å². The summed E-state index contributed by atoms with van der Waals surface area (Å²) in [6, 6.07) is 18.4. The molecule has 0 aliphatic rings. The number of benzene rings is 2. The summed E-state index contributed by atoms with van der Waals surface area (Å²) in [7, 11) is -1.90. The van der Waals surface area contributed by atoms with Crippen molar-refractivity contribution < 1.29 is 8.42 Å². The normalized spacial score (nSPS) is 11.3. The van der Waals surface area contributed by atoms with Gasteiger partial charge in [0.15, 0.2) is 5.82 Å². The first kappa shape index (κ1) is 15.2. The third-order valence-corrected chi connectivity index (χ3v) is 4.45. The van der Waals surface area contributed by atoms with Gasteiger partial charge in [0.05, 0.1) is 5.75 Å². The molecule has 3 rings (SSSR count). The Morgan fingerprint density at radius 3 is 2.26 bits per heavy atom. The van der Waals surface area contributed by atoms with Crippen LogP contribution in [-0.4, -0.2) is 23.2 Å². The van der Waals surface area contributed by atoms with Gasteiger partial charge in [0.2, 0.25) is 16.0 Å². The van der Waals surface area contributed by atoms with Gasteiger partial charge in [-0.25, -0.2) is 13.1 Å². The number of aryl methyl sites for hydroxylation is 1. The van der Waals surface area contributed by atoms with Gasteiger partial charge in [-0.05, 0) is 5.56 Å². The van der Waals surface area contributed by atoms with Crippen LogP contribution in [0.5, 0.6) is 0 Å². The number of hydrogen-bond acceptors (Lipinski definition) is 4. The van der Waals surface area contributed by atoms with Crippen LogP contribution in [-0.2, 0) is 22.8 Å². The number of sulfonamides is 1. The molecule has 0 atom stereocenters. The van der Waals surface area contributed by atoms with Gasteiger partial charge in [0.25, 0.3) is 0 Å². The Morgan fingerprint density at radius 2 is 1.61 bits per heavy atom. The van der Waals surface area contributed by atoms with Gasteiger partial charge in [0, 0.05) is 12.6 Å². The van der Waals surface area contributed by atoms with Crippen molar-refractivity contribution in [2.45, 2.75) is 5.75 Å². The van der Waals surface area contributed by atoms with E-state index in [2.05, 4.69) is 14.8 Å². The van der Waals surface area contributed by atoms with Crippen LogP contribution in [0, 0.1) is 0 Å². The molecule has 1 heterocycles. The maximum Gasteiger partial charge on any atom is 0.239 e. The standard InChI is InChI=1S/C16H16N4O2S/c1-20-16(17-15(18-20)14-10-6-3-7-11-14)19-23(21,22)12-13-8-4-2-5-9-13/h2-11H,12H2,1H3,(H,17,18,19). The molecule has 0 aliphatic heterocycles.